The molecule has 0 saturated heterocycles. The molecule has 0 aliphatic carbocycles. The Morgan fingerprint density at radius 1 is 0.853 bits per heavy atom. The Hall–Kier alpha value is -3.67. The van der Waals surface area contributed by atoms with Crippen LogP contribution in [0.5, 0.6) is 11.5 Å². The van der Waals surface area contributed by atoms with Crippen molar-refractivity contribution in [3.63, 3.8) is 0 Å². The van der Waals surface area contributed by atoms with Crippen molar-refractivity contribution in [1.82, 2.24) is 5.32 Å². The van der Waals surface area contributed by atoms with E-state index < -0.39 is 0 Å². The average molecular weight is 460 g/mol. The van der Waals surface area contributed by atoms with Gasteiger partial charge in [0.05, 0.1) is 18.5 Å². The highest BCUT2D eigenvalue weighted by atomic mass is 16.5. The van der Waals surface area contributed by atoms with Gasteiger partial charge in [0, 0.05) is 13.0 Å². The standard InChI is InChI=1S/C28H33N3O3/c1-3-4-6-21-9-14-24(15-10-21)30-31-25-16-11-22(12-17-25)7-5-8-28(33)29-20-23-13-18-27(34-2)26(32)19-23/h9-19,32H,3-8,20H2,1-2H3,(H,29,33). The van der Waals surface area contributed by atoms with Gasteiger partial charge in [0.15, 0.2) is 11.5 Å². The number of benzene rings is 3. The van der Waals surface area contributed by atoms with Crippen molar-refractivity contribution in [2.75, 3.05) is 7.11 Å². The highest BCUT2D eigenvalue weighted by Crippen LogP contribution is 2.26. The van der Waals surface area contributed by atoms with Crippen LogP contribution >= 0.6 is 0 Å². The molecule has 2 N–H and O–H groups in total. The number of nitrogens with one attached hydrogen (secondary N) is 1. The Kier molecular flexibility index (Phi) is 9.65. The van der Waals surface area contributed by atoms with Crippen LogP contribution in [-0.2, 0) is 24.2 Å². The number of aromatic hydroxyl groups is 1. The Labute approximate surface area is 201 Å². The second-order valence-electron chi connectivity index (χ2n) is 8.27. The van der Waals surface area contributed by atoms with Crippen LogP contribution in [0.25, 0.3) is 0 Å². The Morgan fingerprint density at radius 2 is 1.41 bits per heavy atom. The number of unbranched alkanes of at least 4 members (excludes halogenated alkanes) is 1. The zero-order valence-corrected chi connectivity index (χ0v) is 20.0. The van der Waals surface area contributed by atoms with Crippen molar-refractivity contribution in [3.8, 4) is 11.5 Å². The first-order valence-corrected chi connectivity index (χ1v) is 11.8. The van der Waals surface area contributed by atoms with E-state index in [9.17, 15) is 9.90 Å². The maximum absolute atomic E-state index is 12.1. The van der Waals surface area contributed by atoms with E-state index in [0.29, 0.717) is 18.7 Å². The second kappa shape index (κ2) is 13.1. The quantitative estimate of drug-likeness (QED) is 0.292. The Bertz CT molecular complexity index is 1080. The number of phenols is 1. The van der Waals surface area contributed by atoms with E-state index in [2.05, 4.69) is 34.6 Å². The molecule has 0 spiro atoms. The van der Waals surface area contributed by atoms with Crippen LogP contribution in [0, 0.1) is 0 Å². The summed E-state index contributed by atoms with van der Waals surface area (Å²) in [7, 11) is 1.50. The topological polar surface area (TPSA) is 83.3 Å². The van der Waals surface area contributed by atoms with Crippen molar-refractivity contribution in [3.05, 3.63) is 83.4 Å². The zero-order chi connectivity index (χ0) is 24.2. The minimum absolute atomic E-state index is 0.0126. The summed E-state index contributed by atoms with van der Waals surface area (Å²) in [6.07, 6.45) is 5.51. The fourth-order valence-corrected chi connectivity index (χ4v) is 3.54. The van der Waals surface area contributed by atoms with Gasteiger partial charge < -0.3 is 15.2 Å². The summed E-state index contributed by atoms with van der Waals surface area (Å²) in [6.45, 7) is 2.57. The molecule has 0 unspecified atom stereocenters. The SMILES string of the molecule is CCCCc1ccc(N=Nc2ccc(CCCC(=O)NCc3ccc(OC)c(O)c3)cc2)cc1. The van der Waals surface area contributed by atoms with Crippen molar-refractivity contribution in [2.45, 2.75) is 52.0 Å². The lowest BCUT2D eigenvalue weighted by molar-refractivity contribution is -0.121. The van der Waals surface area contributed by atoms with Crippen LogP contribution in [0.2, 0.25) is 0 Å². The van der Waals surface area contributed by atoms with E-state index in [0.717, 1.165) is 41.8 Å². The molecule has 3 aromatic carbocycles. The van der Waals surface area contributed by atoms with Crippen molar-refractivity contribution < 1.29 is 14.6 Å². The van der Waals surface area contributed by atoms with Crippen LogP contribution in [0.15, 0.2) is 77.0 Å². The molecule has 34 heavy (non-hydrogen) atoms. The third-order valence-electron chi connectivity index (χ3n) is 5.57. The van der Waals surface area contributed by atoms with E-state index in [-0.39, 0.29) is 11.7 Å². The van der Waals surface area contributed by atoms with E-state index in [1.54, 1.807) is 12.1 Å². The van der Waals surface area contributed by atoms with Gasteiger partial charge in [-0.05, 0) is 78.8 Å². The summed E-state index contributed by atoms with van der Waals surface area (Å²) in [4.78, 5) is 12.1. The third kappa shape index (κ3) is 8.03. The van der Waals surface area contributed by atoms with E-state index in [4.69, 9.17) is 4.74 Å². The minimum atomic E-state index is -0.0126. The van der Waals surface area contributed by atoms with Gasteiger partial charge in [-0.3, -0.25) is 4.79 Å². The van der Waals surface area contributed by atoms with Gasteiger partial charge in [-0.2, -0.15) is 10.2 Å². The molecule has 0 fully saturated rings. The molecule has 0 aliphatic rings. The number of azo groups is 1. The molecule has 3 aromatic rings. The normalized spacial score (nSPS) is 11.0. The molecule has 0 radical (unpaired) electrons. The largest absolute Gasteiger partial charge is 0.504 e. The van der Waals surface area contributed by atoms with Crippen LogP contribution < -0.4 is 10.1 Å². The molecule has 0 heterocycles. The molecule has 3 rings (SSSR count). The van der Waals surface area contributed by atoms with Crippen LogP contribution in [0.4, 0.5) is 11.4 Å². The average Bonchev–Trinajstić information content (AvgIpc) is 2.86. The van der Waals surface area contributed by atoms with Crippen LogP contribution in [0.3, 0.4) is 0 Å². The van der Waals surface area contributed by atoms with Gasteiger partial charge >= 0.3 is 0 Å². The summed E-state index contributed by atoms with van der Waals surface area (Å²) >= 11 is 0. The van der Waals surface area contributed by atoms with Crippen LogP contribution in [-0.4, -0.2) is 18.1 Å². The van der Waals surface area contributed by atoms with E-state index >= 15 is 0 Å². The van der Waals surface area contributed by atoms with Crippen LogP contribution in [0.1, 0.15) is 49.3 Å². The first kappa shape index (κ1) is 25.0. The molecule has 0 aliphatic heterocycles. The molecule has 178 valence electrons. The van der Waals surface area contributed by atoms with Gasteiger partial charge in [-0.15, -0.1) is 0 Å². The summed E-state index contributed by atoms with van der Waals surface area (Å²) in [5, 5.41) is 21.4. The number of ether oxygens (including phenoxy) is 1. The Morgan fingerprint density at radius 3 is 1.94 bits per heavy atom. The number of aryl methyl sites for hydroxylation is 2. The monoisotopic (exact) mass is 459 g/mol. The molecular weight excluding hydrogens is 426 g/mol. The number of phenolic OH excluding ortho intramolecular Hbond substituents is 1. The lowest BCUT2D eigenvalue weighted by Crippen LogP contribution is -2.22. The zero-order valence-electron chi connectivity index (χ0n) is 20.0. The van der Waals surface area contributed by atoms with Gasteiger partial charge in [0.25, 0.3) is 0 Å². The highest BCUT2D eigenvalue weighted by molar-refractivity contribution is 5.75. The molecule has 6 heteroatoms. The predicted molar refractivity (Wildman–Crippen MR) is 135 cm³/mol. The molecule has 0 atom stereocenters. The molecule has 0 aromatic heterocycles. The van der Waals surface area contributed by atoms with Gasteiger partial charge in [0.1, 0.15) is 0 Å². The van der Waals surface area contributed by atoms with Gasteiger partial charge in [-0.1, -0.05) is 43.7 Å². The van der Waals surface area contributed by atoms with Crippen molar-refractivity contribution in [2.24, 2.45) is 10.2 Å². The number of nitrogens with zero attached hydrogens (tertiary/aromatic N) is 2. The predicted octanol–water partition coefficient (Wildman–Crippen LogP) is 6.80. The smallest absolute Gasteiger partial charge is 0.220 e. The first-order valence-electron chi connectivity index (χ1n) is 11.8. The summed E-state index contributed by atoms with van der Waals surface area (Å²) < 4.78 is 5.03. The van der Waals surface area contributed by atoms with Gasteiger partial charge in [0.2, 0.25) is 5.91 Å². The first-order chi connectivity index (χ1) is 16.6. The number of hydrogen-bond donors (Lipinski definition) is 2. The molecule has 0 saturated carbocycles. The van der Waals surface area contributed by atoms with Crippen molar-refractivity contribution in [1.29, 1.82) is 0 Å². The fraction of sp³-hybridized carbons (Fsp3) is 0.321. The van der Waals surface area contributed by atoms with Gasteiger partial charge in [-0.25, -0.2) is 0 Å². The van der Waals surface area contributed by atoms with E-state index in [1.165, 1.54) is 25.5 Å². The Balaban J connectivity index is 1.39. The maximum atomic E-state index is 12.1. The summed E-state index contributed by atoms with van der Waals surface area (Å²) in [5.41, 5.74) is 4.97. The maximum Gasteiger partial charge on any atom is 0.220 e. The number of carbonyl (C=O) groups is 1. The van der Waals surface area contributed by atoms with E-state index in [1.807, 2.05) is 42.5 Å². The molecular formula is C28H33N3O3. The number of hydrogen-bond acceptors (Lipinski definition) is 5. The number of amides is 1. The second-order valence-corrected chi connectivity index (χ2v) is 8.27. The number of methoxy groups -OCH3 is 1. The highest BCUT2D eigenvalue weighted by Gasteiger charge is 2.05. The lowest BCUT2D eigenvalue weighted by Gasteiger charge is -2.08. The lowest BCUT2D eigenvalue weighted by atomic mass is 10.1. The third-order valence-corrected chi connectivity index (χ3v) is 5.57. The molecule has 6 nitrogen and oxygen atoms in total. The minimum Gasteiger partial charge on any atom is -0.504 e. The number of rotatable bonds is 12. The molecule has 0 bridgehead atoms. The number of carbonyl (C=O) groups excluding carboxylic acids is 1. The summed E-state index contributed by atoms with van der Waals surface area (Å²) in [5.74, 6) is 0.470. The molecule has 1 amide bonds. The van der Waals surface area contributed by atoms with Crippen molar-refractivity contribution >= 4 is 17.3 Å². The fourth-order valence-electron chi connectivity index (χ4n) is 3.54. The summed E-state index contributed by atoms with van der Waals surface area (Å²) in [6, 6.07) is 21.3.